The fourth-order valence-electron chi connectivity index (χ4n) is 0.834. The van der Waals surface area contributed by atoms with Crippen LogP contribution in [0.5, 0.6) is 0 Å². The first kappa shape index (κ1) is 11.4. The Bertz CT molecular complexity index is 115. The number of hydroxylamine groups is 1. The van der Waals surface area contributed by atoms with Crippen molar-refractivity contribution in [1.82, 2.24) is 5.48 Å². The molecule has 72 valence electrons. The van der Waals surface area contributed by atoms with Crippen molar-refractivity contribution in [3.8, 4) is 0 Å². The summed E-state index contributed by atoms with van der Waals surface area (Å²) in [6, 6.07) is 0. The minimum absolute atomic E-state index is 0.0194. The molecule has 1 N–H and O–H groups in total. The van der Waals surface area contributed by atoms with Gasteiger partial charge in [0.15, 0.2) is 0 Å². The second-order valence-electron chi connectivity index (χ2n) is 2.83. The summed E-state index contributed by atoms with van der Waals surface area (Å²) in [6.45, 7) is 4.73. The van der Waals surface area contributed by atoms with Gasteiger partial charge in [0.25, 0.3) is 0 Å². The number of carbonyl (C=O) groups excluding carboxylic acids is 1. The number of hydrogen-bond acceptors (Lipinski definition) is 2. The van der Waals surface area contributed by atoms with Crippen molar-refractivity contribution in [2.24, 2.45) is 0 Å². The van der Waals surface area contributed by atoms with Crippen LogP contribution >= 0.6 is 0 Å². The lowest BCUT2D eigenvalue weighted by Gasteiger charge is -2.03. The summed E-state index contributed by atoms with van der Waals surface area (Å²) >= 11 is 0. The van der Waals surface area contributed by atoms with Crippen molar-refractivity contribution in [1.29, 1.82) is 0 Å². The maximum atomic E-state index is 10.8. The van der Waals surface area contributed by atoms with Crippen LogP contribution in [0.1, 0.15) is 46.0 Å². The highest BCUT2D eigenvalue weighted by Crippen LogP contribution is 1.93. The first-order valence-electron chi connectivity index (χ1n) is 4.71. The largest absolute Gasteiger partial charge is 0.274 e. The molecule has 0 heterocycles. The lowest BCUT2D eigenvalue weighted by atomic mass is 10.3. The third-order valence-electron chi connectivity index (χ3n) is 1.51. The van der Waals surface area contributed by atoms with Gasteiger partial charge in [0.2, 0.25) is 5.91 Å². The van der Waals surface area contributed by atoms with Gasteiger partial charge in [-0.3, -0.25) is 9.63 Å². The maximum Gasteiger partial charge on any atom is 0.243 e. The first-order chi connectivity index (χ1) is 5.81. The van der Waals surface area contributed by atoms with Crippen LogP contribution in [0, 0.1) is 0 Å². The Balaban J connectivity index is 3.03. The van der Waals surface area contributed by atoms with Gasteiger partial charge in [0, 0.05) is 6.42 Å². The number of carbonyl (C=O) groups is 1. The van der Waals surface area contributed by atoms with Crippen molar-refractivity contribution in [2.45, 2.75) is 46.0 Å². The van der Waals surface area contributed by atoms with Crippen molar-refractivity contribution in [2.75, 3.05) is 6.61 Å². The van der Waals surface area contributed by atoms with Crippen LogP contribution in [0.25, 0.3) is 0 Å². The summed E-state index contributed by atoms with van der Waals surface area (Å²) in [5.74, 6) is -0.0194. The molecule has 12 heavy (non-hydrogen) atoms. The molecule has 0 fully saturated rings. The Morgan fingerprint density at radius 2 is 2.00 bits per heavy atom. The lowest BCUT2D eigenvalue weighted by Crippen LogP contribution is -2.23. The van der Waals surface area contributed by atoms with Crippen molar-refractivity contribution in [3.63, 3.8) is 0 Å². The second kappa shape index (κ2) is 8.53. The molecule has 0 aromatic heterocycles. The van der Waals surface area contributed by atoms with Crippen molar-refractivity contribution < 1.29 is 9.63 Å². The Morgan fingerprint density at radius 1 is 1.25 bits per heavy atom. The average molecular weight is 173 g/mol. The summed E-state index contributed by atoms with van der Waals surface area (Å²) in [6.07, 6.45) is 4.76. The van der Waals surface area contributed by atoms with E-state index in [1.54, 1.807) is 0 Å². The predicted octanol–water partition coefficient (Wildman–Crippen LogP) is 2.02. The van der Waals surface area contributed by atoms with Crippen LogP contribution in [0.2, 0.25) is 0 Å². The van der Waals surface area contributed by atoms with Gasteiger partial charge in [-0.2, -0.15) is 0 Å². The highest BCUT2D eigenvalue weighted by molar-refractivity contribution is 5.74. The van der Waals surface area contributed by atoms with E-state index < -0.39 is 0 Å². The summed E-state index contributed by atoms with van der Waals surface area (Å²) in [7, 11) is 0. The lowest BCUT2D eigenvalue weighted by molar-refractivity contribution is -0.133. The number of nitrogens with one attached hydrogen (secondary N) is 1. The van der Waals surface area contributed by atoms with Crippen LogP contribution in [0.4, 0.5) is 0 Å². The third kappa shape index (κ3) is 7.54. The Hall–Kier alpha value is -0.570. The molecule has 0 saturated heterocycles. The molecule has 0 bridgehead atoms. The molecule has 1 amide bonds. The van der Waals surface area contributed by atoms with E-state index >= 15 is 0 Å². The van der Waals surface area contributed by atoms with Gasteiger partial charge in [0.05, 0.1) is 6.61 Å². The van der Waals surface area contributed by atoms with Crippen LogP contribution in [0.3, 0.4) is 0 Å². The molecule has 0 saturated carbocycles. The second-order valence-corrected chi connectivity index (χ2v) is 2.83. The molecule has 0 aromatic carbocycles. The predicted molar refractivity (Wildman–Crippen MR) is 48.5 cm³/mol. The highest BCUT2D eigenvalue weighted by atomic mass is 16.6. The molecule has 3 nitrogen and oxygen atoms in total. The topological polar surface area (TPSA) is 38.3 Å². The fourth-order valence-corrected chi connectivity index (χ4v) is 0.834. The van der Waals surface area contributed by atoms with Gasteiger partial charge in [-0.1, -0.05) is 26.7 Å². The summed E-state index contributed by atoms with van der Waals surface area (Å²) in [5.41, 5.74) is 2.40. The zero-order valence-electron chi connectivity index (χ0n) is 8.06. The molecular weight excluding hydrogens is 154 g/mol. The molecule has 0 atom stereocenters. The quantitative estimate of drug-likeness (QED) is 0.472. The molecule has 0 rings (SSSR count). The highest BCUT2D eigenvalue weighted by Gasteiger charge is 1.96. The van der Waals surface area contributed by atoms with Gasteiger partial charge in [0.1, 0.15) is 0 Å². The monoisotopic (exact) mass is 173 g/mol. The first-order valence-corrected chi connectivity index (χ1v) is 4.71. The zero-order chi connectivity index (χ0) is 9.23. The Morgan fingerprint density at radius 3 is 2.58 bits per heavy atom. The van der Waals surface area contributed by atoms with E-state index in [2.05, 4.69) is 12.4 Å². The molecule has 0 spiro atoms. The van der Waals surface area contributed by atoms with Gasteiger partial charge in [-0.15, -0.1) is 0 Å². The zero-order valence-corrected chi connectivity index (χ0v) is 8.06. The van der Waals surface area contributed by atoms with E-state index in [1.165, 1.54) is 6.42 Å². The fraction of sp³-hybridized carbons (Fsp3) is 0.889. The Kier molecular flexibility index (Phi) is 8.12. The van der Waals surface area contributed by atoms with E-state index in [0.29, 0.717) is 13.0 Å². The molecule has 0 aliphatic rings. The van der Waals surface area contributed by atoms with E-state index in [-0.39, 0.29) is 5.91 Å². The number of rotatable bonds is 7. The Labute approximate surface area is 74.4 Å². The van der Waals surface area contributed by atoms with Gasteiger partial charge in [-0.05, 0) is 12.8 Å². The normalized spacial score (nSPS) is 9.83. The number of hydrogen-bond donors (Lipinski definition) is 1. The molecule has 0 unspecified atom stereocenters. The van der Waals surface area contributed by atoms with Crippen molar-refractivity contribution in [3.05, 3.63) is 0 Å². The van der Waals surface area contributed by atoms with Crippen LogP contribution in [-0.2, 0) is 9.63 Å². The van der Waals surface area contributed by atoms with E-state index in [1.807, 2.05) is 6.92 Å². The van der Waals surface area contributed by atoms with Gasteiger partial charge < -0.3 is 0 Å². The average Bonchev–Trinajstić information content (AvgIpc) is 2.05. The number of unbranched alkanes of at least 4 members (excludes halogenated alkanes) is 2. The van der Waals surface area contributed by atoms with E-state index in [9.17, 15) is 4.79 Å². The third-order valence-corrected chi connectivity index (χ3v) is 1.51. The minimum Gasteiger partial charge on any atom is -0.274 e. The van der Waals surface area contributed by atoms with E-state index in [0.717, 1.165) is 19.3 Å². The summed E-state index contributed by atoms with van der Waals surface area (Å²) < 4.78 is 0. The molecule has 0 aliphatic heterocycles. The van der Waals surface area contributed by atoms with Crippen LogP contribution in [-0.4, -0.2) is 12.5 Å². The standard InChI is InChI=1S/C9H19NO2/c1-3-5-6-8-12-10-9(11)7-4-2/h3-8H2,1-2H3,(H,10,11). The molecule has 3 heteroatoms. The van der Waals surface area contributed by atoms with Crippen LogP contribution in [0.15, 0.2) is 0 Å². The van der Waals surface area contributed by atoms with Gasteiger partial charge in [-0.25, -0.2) is 5.48 Å². The van der Waals surface area contributed by atoms with Crippen LogP contribution < -0.4 is 5.48 Å². The minimum atomic E-state index is -0.0194. The number of amides is 1. The molecular formula is C9H19NO2. The van der Waals surface area contributed by atoms with Gasteiger partial charge >= 0.3 is 0 Å². The summed E-state index contributed by atoms with van der Waals surface area (Å²) in [5, 5.41) is 0. The summed E-state index contributed by atoms with van der Waals surface area (Å²) in [4.78, 5) is 15.8. The SMILES string of the molecule is CCCCCONC(=O)CCC. The van der Waals surface area contributed by atoms with E-state index in [4.69, 9.17) is 4.84 Å². The maximum absolute atomic E-state index is 10.8. The molecule has 0 radical (unpaired) electrons. The van der Waals surface area contributed by atoms with Crippen molar-refractivity contribution >= 4 is 5.91 Å². The molecule has 0 aliphatic carbocycles. The molecule has 0 aromatic rings. The smallest absolute Gasteiger partial charge is 0.243 e.